The molecule has 0 saturated carbocycles. The number of halogens is 2. The molecule has 2 atom stereocenters. The third kappa shape index (κ3) is 5.31. The molecule has 0 bridgehead atoms. The van der Waals surface area contributed by atoms with Gasteiger partial charge in [0, 0.05) is 0 Å². The molecule has 210 valence electrons. The van der Waals surface area contributed by atoms with Gasteiger partial charge in [0.1, 0.15) is 0 Å². The molecule has 0 spiro atoms. The smallest absolute Gasteiger partial charge is 0.147 e. The average molecular weight is 651 g/mol. The molecule has 4 heteroatoms. The second-order valence-corrected chi connectivity index (χ2v) is 44.8. The minimum atomic E-state index is -3.44. The Morgan fingerprint density at radius 2 is 0.895 bits per heavy atom. The number of allylic oxidation sites excluding steroid dienone is 2. The van der Waals surface area contributed by atoms with Crippen molar-refractivity contribution in [2.24, 2.45) is 0 Å². The average Bonchev–Trinajstić information content (AvgIpc) is 3.27. The third-order valence-corrected chi connectivity index (χ3v) is 27.2. The molecule has 2 aliphatic carbocycles. The fraction of sp³-hybridized carbons (Fsp3) is 0.529. The van der Waals surface area contributed by atoms with Crippen LogP contribution in [0.2, 0.25) is 9.26 Å². The van der Waals surface area contributed by atoms with Gasteiger partial charge in [0.2, 0.25) is 0 Å². The SMILES string of the molecule is CC1=Cc2c(ccc(C(C)C)c2C(C)C)[CH]1[Zr]([CH3])([CH3])(=[SiH2])[CH]1C(C)=Cc2c1ccc(C(C)C)c2C(C)C.Cl.Cl. The molecule has 2 aromatic rings. The maximum Gasteiger partial charge on any atom is -0.147 e. The van der Waals surface area contributed by atoms with Crippen molar-refractivity contribution in [2.75, 3.05) is 0 Å². The van der Waals surface area contributed by atoms with Crippen LogP contribution in [0.1, 0.15) is 145 Å². The summed E-state index contributed by atoms with van der Waals surface area (Å²) < 4.78 is 6.74. The van der Waals surface area contributed by atoms with Crippen molar-refractivity contribution in [2.45, 2.75) is 109 Å². The summed E-state index contributed by atoms with van der Waals surface area (Å²) in [7, 11) is 0. The Labute approximate surface area is 248 Å². The first-order valence-corrected chi connectivity index (χ1v) is 28.0. The van der Waals surface area contributed by atoms with Gasteiger partial charge < -0.3 is 0 Å². The molecule has 4 rings (SSSR count). The monoisotopic (exact) mass is 648 g/mol. The molecule has 0 amide bonds. The first kappa shape index (κ1) is 33.8. The Kier molecular flexibility index (Phi) is 10.2. The van der Waals surface area contributed by atoms with Gasteiger partial charge in [-0.2, -0.15) is 0 Å². The number of hydrogen-bond donors (Lipinski definition) is 0. The van der Waals surface area contributed by atoms with Gasteiger partial charge >= 0.3 is 226 Å². The molecule has 0 aromatic heterocycles. The summed E-state index contributed by atoms with van der Waals surface area (Å²) in [5.41, 5.74) is 15.9. The second-order valence-electron chi connectivity index (χ2n) is 14.3. The molecule has 0 nitrogen and oxygen atoms in total. The molecule has 0 heterocycles. The summed E-state index contributed by atoms with van der Waals surface area (Å²) in [5.74, 6) is 2.22. The zero-order valence-corrected chi connectivity index (χ0v) is 31.5. The van der Waals surface area contributed by atoms with Gasteiger partial charge in [0.25, 0.3) is 0 Å². The molecule has 2 unspecified atom stereocenters. The van der Waals surface area contributed by atoms with Crippen LogP contribution in [0.4, 0.5) is 0 Å². The van der Waals surface area contributed by atoms with E-state index in [2.05, 4.69) is 122 Å². The number of fused-ring (bicyclic) bond motifs is 2. The Balaban J connectivity index is 0.00000253. The Bertz CT molecular complexity index is 1250. The van der Waals surface area contributed by atoms with Gasteiger partial charge in [-0.05, 0) is 0 Å². The molecule has 0 saturated heterocycles. The van der Waals surface area contributed by atoms with Crippen molar-refractivity contribution >= 4 is 43.8 Å². The van der Waals surface area contributed by atoms with Crippen LogP contribution >= 0.6 is 24.8 Å². The minimum Gasteiger partial charge on any atom is -0.147 e. The van der Waals surface area contributed by atoms with E-state index in [-0.39, 0.29) is 24.8 Å². The van der Waals surface area contributed by atoms with Crippen LogP contribution < -0.4 is 0 Å². The quantitative estimate of drug-likeness (QED) is 0.273. The number of rotatable bonds is 6. The summed E-state index contributed by atoms with van der Waals surface area (Å²) in [4.78, 5) is 0. The summed E-state index contributed by atoms with van der Waals surface area (Å²) in [5, 5.41) is 0. The fourth-order valence-electron chi connectivity index (χ4n) is 8.26. The maximum atomic E-state index is 2.77. The van der Waals surface area contributed by atoms with Crippen LogP contribution in [0, 0.1) is 0 Å². The van der Waals surface area contributed by atoms with Crippen LogP contribution in [0.25, 0.3) is 12.2 Å². The van der Waals surface area contributed by atoms with Gasteiger partial charge in [-0.3, -0.25) is 0 Å². The van der Waals surface area contributed by atoms with Crippen LogP contribution in [0.3, 0.4) is 0 Å². The predicted molar refractivity (Wildman–Crippen MR) is 177 cm³/mol. The first-order chi connectivity index (χ1) is 16.6. The molecule has 0 N–H and O–H groups in total. The molecule has 0 aliphatic heterocycles. The second kappa shape index (κ2) is 11.5. The van der Waals surface area contributed by atoms with Crippen molar-refractivity contribution in [1.29, 1.82) is 0 Å². The largest absolute Gasteiger partial charge is 0.147 e. The van der Waals surface area contributed by atoms with E-state index in [4.69, 9.17) is 0 Å². The molecular weight excluding hydrogens is 599 g/mol. The zero-order valence-electron chi connectivity index (χ0n) is 26.0. The van der Waals surface area contributed by atoms with E-state index >= 15 is 0 Å². The molecule has 0 fully saturated rings. The van der Waals surface area contributed by atoms with Crippen molar-refractivity contribution in [3.05, 3.63) is 79.9 Å². The van der Waals surface area contributed by atoms with Gasteiger partial charge in [0.05, 0.1) is 0 Å². The Morgan fingerprint density at radius 3 is 1.16 bits per heavy atom. The molecule has 0 radical (unpaired) electrons. The molecule has 38 heavy (non-hydrogen) atoms. The van der Waals surface area contributed by atoms with Crippen molar-refractivity contribution in [3.63, 3.8) is 0 Å². The standard InChI is InChI=1S/2C16H21.2CH3.2ClH.H2Si.Zr/c2*1-10(2)14-7-6-13-8-12(5)9-15(13)16(14)11(3)4;;;;;;/h2*6-11H,1-5H3;2*1H3;2*1H;1H2;. The van der Waals surface area contributed by atoms with Gasteiger partial charge in [-0.1, -0.05) is 0 Å². The van der Waals surface area contributed by atoms with E-state index in [1.807, 2.05) is 0 Å². The van der Waals surface area contributed by atoms with Crippen molar-refractivity contribution < 1.29 is 17.4 Å². The van der Waals surface area contributed by atoms with Gasteiger partial charge in [-0.15, -0.1) is 24.8 Å². The van der Waals surface area contributed by atoms with Crippen LogP contribution in [0.15, 0.2) is 35.4 Å². The zero-order chi connectivity index (χ0) is 26.9. The third-order valence-electron chi connectivity index (χ3n) is 9.28. The molecule has 2 aromatic carbocycles. The van der Waals surface area contributed by atoms with Crippen LogP contribution in [-0.4, -0.2) is 6.88 Å². The number of hydrogen-bond acceptors (Lipinski definition) is 0. The topological polar surface area (TPSA) is 0 Å². The Morgan fingerprint density at radius 1 is 0.579 bits per heavy atom. The summed E-state index contributed by atoms with van der Waals surface area (Å²) in [6, 6.07) is 10.0. The van der Waals surface area contributed by atoms with E-state index in [9.17, 15) is 0 Å². The number of benzene rings is 2. The summed E-state index contributed by atoms with van der Waals surface area (Å²) >= 11 is -3.44. The minimum absolute atomic E-state index is 0. The summed E-state index contributed by atoms with van der Waals surface area (Å²) in [6.07, 6.45) is 5.18. The van der Waals surface area contributed by atoms with Crippen molar-refractivity contribution in [1.82, 2.24) is 0 Å². The van der Waals surface area contributed by atoms with Gasteiger partial charge in [-0.25, -0.2) is 0 Å². The van der Waals surface area contributed by atoms with Crippen LogP contribution in [-0.2, 0) is 17.4 Å². The summed E-state index contributed by atoms with van der Waals surface area (Å²) in [6.45, 7) is 26.3. The molecular formula is C34H52Cl2SiZr. The van der Waals surface area contributed by atoms with E-state index in [0.29, 0.717) is 30.9 Å². The fourth-order valence-corrected chi connectivity index (χ4v) is 29.5. The van der Waals surface area contributed by atoms with E-state index in [1.165, 1.54) is 0 Å². The van der Waals surface area contributed by atoms with E-state index < -0.39 is 17.4 Å². The maximum absolute atomic E-state index is 3.44. The van der Waals surface area contributed by atoms with Crippen LogP contribution in [0.5, 0.6) is 0 Å². The van der Waals surface area contributed by atoms with E-state index in [1.54, 1.807) is 55.7 Å². The van der Waals surface area contributed by atoms with E-state index in [0.717, 1.165) is 0 Å². The normalized spacial score (nSPS) is 18.9. The van der Waals surface area contributed by atoms with Crippen molar-refractivity contribution in [3.8, 4) is 0 Å². The first-order valence-electron chi connectivity index (χ1n) is 14.3. The Hall–Kier alpha value is -0.400. The predicted octanol–water partition coefficient (Wildman–Crippen LogP) is 11.0. The van der Waals surface area contributed by atoms with Gasteiger partial charge in [0.15, 0.2) is 0 Å². The molecule has 2 aliphatic rings.